The predicted molar refractivity (Wildman–Crippen MR) is 74.8 cm³/mol. The van der Waals surface area contributed by atoms with Gasteiger partial charge < -0.3 is 10.5 Å². The molecule has 0 radical (unpaired) electrons. The van der Waals surface area contributed by atoms with Crippen LogP contribution in [0.3, 0.4) is 0 Å². The Morgan fingerprint density at radius 3 is 1.80 bits per heavy atom. The lowest BCUT2D eigenvalue weighted by atomic mass is 9.86. The van der Waals surface area contributed by atoms with Crippen LogP contribution in [0, 0.1) is 0 Å². The molecule has 2 aromatic rings. The molecule has 2 aromatic heterocycles. The molecule has 0 saturated heterocycles. The molecule has 104 valence electrons. The van der Waals surface area contributed by atoms with E-state index in [2.05, 4.69) is 9.97 Å². The third kappa shape index (κ3) is 3.39. The van der Waals surface area contributed by atoms with Gasteiger partial charge >= 0.3 is 5.97 Å². The lowest BCUT2D eigenvalue weighted by Gasteiger charge is -2.26. The van der Waals surface area contributed by atoms with Gasteiger partial charge in [0, 0.05) is 37.6 Å². The number of aromatic nitrogens is 2. The summed E-state index contributed by atoms with van der Waals surface area (Å²) in [5, 5.41) is 0. The van der Waals surface area contributed by atoms with Gasteiger partial charge in [-0.1, -0.05) is 0 Å². The van der Waals surface area contributed by atoms with Crippen LogP contribution < -0.4 is 5.73 Å². The van der Waals surface area contributed by atoms with Gasteiger partial charge in [0.05, 0.1) is 7.11 Å². The van der Waals surface area contributed by atoms with E-state index in [1.165, 1.54) is 7.11 Å². The van der Waals surface area contributed by atoms with Gasteiger partial charge in [-0.3, -0.25) is 14.8 Å². The zero-order valence-electron chi connectivity index (χ0n) is 11.3. The highest BCUT2D eigenvalue weighted by Gasteiger charge is 2.35. The fourth-order valence-corrected chi connectivity index (χ4v) is 2.14. The van der Waals surface area contributed by atoms with Gasteiger partial charge in [0.15, 0.2) is 0 Å². The maximum atomic E-state index is 12.1. The summed E-state index contributed by atoms with van der Waals surface area (Å²) in [5.41, 5.74) is 7.09. The minimum absolute atomic E-state index is 0.393. The summed E-state index contributed by atoms with van der Waals surface area (Å²) in [5.74, 6) is -0.425. The van der Waals surface area contributed by atoms with Crippen LogP contribution in [0.2, 0.25) is 0 Å². The lowest BCUT2D eigenvalue weighted by molar-refractivity contribution is -0.147. The molecule has 0 fully saturated rings. The van der Waals surface area contributed by atoms with Crippen molar-refractivity contribution in [3.63, 3.8) is 0 Å². The Kier molecular flexibility index (Phi) is 4.42. The maximum absolute atomic E-state index is 12.1. The van der Waals surface area contributed by atoms with Crippen LogP contribution in [0.25, 0.3) is 0 Å². The number of methoxy groups -OCH3 is 1. The quantitative estimate of drug-likeness (QED) is 0.825. The number of esters is 1. The lowest BCUT2D eigenvalue weighted by Crippen LogP contribution is -2.52. The number of hydrogen-bond acceptors (Lipinski definition) is 5. The monoisotopic (exact) mass is 271 g/mol. The van der Waals surface area contributed by atoms with Crippen molar-refractivity contribution in [2.24, 2.45) is 5.73 Å². The molecule has 0 saturated carbocycles. The molecule has 2 N–H and O–H groups in total. The van der Waals surface area contributed by atoms with E-state index < -0.39 is 11.5 Å². The van der Waals surface area contributed by atoms with Crippen LogP contribution in [-0.2, 0) is 22.4 Å². The van der Waals surface area contributed by atoms with Crippen molar-refractivity contribution in [2.75, 3.05) is 7.11 Å². The van der Waals surface area contributed by atoms with Gasteiger partial charge in [-0.25, -0.2) is 0 Å². The van der Waals surface area contributed by atoms with Crippen molar-refractivity contribution in [3.05, 3.63) is 60.2 Å². The van der Waals surface area contributed by atoms with Crippen molar-refractivity contribution in [1.29, 1.82) is 0 Å². The third-order valence-corrected chi connectivity index (χ3v) is 3.13. The SMILES string of the molecule is COC(=O)C(N)(Cc1ccncc1)Cc1ccncc1. The van der Waals surface area contributed by atoms with Crippen molar-refractivity contribution in [2.45, 2.75) is 18.4 Å². The van der Waals surface area contributed by atoms with E-state index in [0.717, 1.165) is 11.1 Å². The van der Waals surface area contributed by atoms with E-state index in [-0.39, 0.29) is 0 Å². The smallest absolute Gasteiger partial charge is 0.326 e. The number of nitrogens with zero attached hydrogens (tertiary/aromatic N) is 2. The highest BCUT2D eigenvalue weighted by molar-refractivity contribution is 5.81. The number of carbonyl (C=O) groups is 1. The summed E-state index contributed by atoms with van der Waals surface area (Å²) in [4.78, 5) is 20.0. The Balaban J connectivity index is 2.24. The van der Waals surface area contributed by atoms with Gasteiger partial charge in [0.2, 0.25) is 0 Å². The summed E-state index contributed by atoms with van der Waals surface area (Å²) in [6.45, 7) is 0. The summed E-state index contributed by atoms with van der Waals surface area (Å²) >= 11 is 0. The number of carbonyl (C=O) groups excluding carboxylic acids is 1. The summed E-state index contributed by atoms with van der Waals surface area (Å²) in [6.07, 6.45) is 7.51. The molecule has 0 atom stereocenters. The summed E-state index contributed by atoms with van der Waals surface area (Å²) < 4.78 is 4.86. The zero-order chi connectivity index (χ0) is 14.4. The standard InChI is InChI=1S/C15H17N3O2/c1-20-14(19)15(16,10-12-2-6-17-7-3-12)11-13-4-8-18-9-5-13/h2-9H,10-11,16H2,1H3. The van der Waals surface area contributed by atoms with Crippen molar-refractivity contribution in [3.8, 4) is 0 Å². The maximum Gasteiger partial charge on any atom is 0.326 e. The van der Waals surface area contributed by atoms with Crippen molar-refractivity contribution < 1.29 is 9.53 Å². The van der Waals surface area contributed by atoms with Crippen LogP contribution in [0.5, 0.6) is 0 Å². The molecule has 2 heterocycles. The predicted octanol–water partition coefficient (Wildman–Crippen LogP) is 1.13. The molecule has 0 aliphatic rings. The number of ether oxygens (including phenoxy) is 1. The number of nitrogens with two attached hydrogens (primary N) is 1. The molecule has 0 aliphatic carbocycles. The molecule has 0 spiro atoms. The second-order valence-corrected chi connectivity index (χ2v) is 4.71. The van der Waals surface area contributed by atoms with E-state index in [0.29, 0.717) is 12.8 Å². The highest BCUT2D eigenvalue weighted by atomic mass is 16.5. The fraction of sp³-hybridized carbons (Fsp3) is 0.267. The Hall–Kier alpha value is -2.27. The number of pyridine rings is 2. The van der Waals surface area contributed by atoms with Crippen LogP contribution in [0.15, 0.2) is 49.1 Å². The highest BCUT2D eigenvalue weighted by Crippen LogP contribution is 2.18. The zero-order valence-corrected chi connectivity index (χ0v) is 11.3. The molecule has 0 aromatic carbocycles. The Labute approximate surface area is 117 Å². The molecule has 20 heavy (non-hydrogen) atoms. The average molecular weight is 271 g/mol. The Morgan fingerprint density at radius 1 is 1.05 bits per heavy atom. The van der Waals surface area contributed by atoms with E-state index in [9.17, 15) is 4.79 Å². The molecule has 0 amide bonds. The fourth-order valence-electron chi connectivity index (χ4n) is 2.14. The molecule has 2 rings (SSSR count). The average Bonchev–Trinajstić information content (AvgIpc) is 2.48. The summed E-state index contributed by atoms with van der Waals surface area (Å²) in [7, 11) is 1.35. The van der Waals surface area contributed by atoms with Gasteiger partial charge in [0.1, 0.15) is 5.54 Å². The first-order valence-electron chi connectivity index (χ1n) is 6.29. The van der Waals surface area contributed by atoms with Gasteiger partial charge in [-0.15, -0.1) is 0 Å². The second-order valence-electron chi connectivity index (χ2n) is 4.71. The molecule has 5 heteroatoms. The molecular weight excluding hydrogens is 254 g/mol. The first-order chi connectivity index (χ1) is 9.64. The van der Waals surface area contributed by atoms with Crippen molar-refractivity contribution in [1.82, 2.24) is 9.97 Å². The Morgan fingerprint density at radius 2 is 1.45 bits per heavy atom. The van der Waals surface area contributed by atoms with E-state index in [1.54, 1.807) is 24.8 Å². The van der Waals surface area contributed by atoms with Crippen LogP contribution >= 0.6 is 0 Å². The van der Waals surface area contributed by atoms with E-state index in [1.807, 2.05) is 24.3 Å². The van der Waals surface area contributed by atoms with Crippen LogP contribution in [0.1, 0.15) is 11.1 Å². The van der Waals surface area contributed by atoms with Crippen LogP contribution in [0.4, 0.5) is 0 Å². The molecule has 0 aliphatic heterocycles. The number of rotatable bonds is 5. The molecular formula is C15H17N3O2. The largest absolute Gasteiger partial charge is 0.468 e. The Bertz CT molecular complexity index is 516. The van der Waals surface area contributed by atoms with Gasteiger partial charge in [-0.05, 0) is 35.4 Å². The minimum Gasteiger partial charge on any atom is -0.468 e. The molecule has 5 nitrogen and oxygen atoms in total. The van der Waals surface area contributed by atoms with Gasteiger partial charge in [0.25, 0.3) is 0 Å². The second kappa shape index (κ2) is 6.25. The van der Waals surface area contributed by atoms with E-state index in [4.69, 9.17) is 10.5 Å². The molecule has 0 bridgehead atoms. The normalized spacial score (nSPS) is 11.1. The number of hydrogen-bond donors (Lipinski definition) is 1. The summed E-state index contributed by atoms with van der Waals surface area (Å²) in [6, 6.07) is 7.38. The topological polar surface area (TPSA) is 78.1 Å². The van der Waals surface area contributed by atoms with Crippen molar-refractivity contribution >= 4 is 5.97 Å². The van der Waals surface area contributed by atoms with Crippen LogP contribution in [-0.4, -0.2) is 28.6 Å². The van der Waals surface area contributed by atoms with E-state index >= 15 is 0 Å². The first kappa shape index (κ1) is 14.1. The van der Waals surface area contributed by atoms with Gasteiger partial charge in [-0.2, -0.15) is 0 Å². The first-order valence-corrected chi connectivity index (χ1v) is 6.29. The third-order valence-electron chi connectivity index (χ3n) is 3.13. The molecule has 0 unspecified atom stereocenters. The minimum atomic E-state index is -1.10.